The molecule has 1 atom stereocenters. The van der Waals surface area contributed by atoms with E-state index >= 15 is 0 Å². The minimum absolute atomic E-state index is 0.0648. The van der Waals surface area contributed by atoms with Crippen LogP contribution in [-0.4, -0.2) is 28.3 Å². The van der Waals surface area contributed by atoms with Crippen molar-refractivity contribution in [3.05, 3.63) is 0 Å². The van der Waals surface area contributed by atoms with E-state index in [1.807, 2.05) is 11.8 Å². The van der Waals surface area contributed by atoms with Gasteiger partial charge in [-0.1, -0.05) is 49.0 Å². The van der Waals surface area contributed by atoms with Gasteiger partial charge in [0.05, 0.1) is 4.83 Å². The van der Waals surface area contributed by atoms with Gasteiger partial charge in [0, 0.05) is 11.3 Å². The zero-order valence-corrected chi connectivity index (χ0v) is 13.5. The standard InChI is InChI=1S/C13H24BrNOS/c1-10(2)11(14)12(16)15-9-13(17-3)7-5-4-6-8-13/h10-11H,4-9H2,1-3H3,(H,15,16). The van der Waals surface area contributed by atoms with E-state index < -0.39 is 0 Å². The van der Waals surface area contributed by atoms with Gasteiger partial charge in [-0.05, 0) is 25.0 Å². The van der Waals surface area contributed by atoms with Crippen LogP contribution in [0.2, 0.25) is 0 Å². The molecule has 0 heterocycles. The second-order valence-corrected chi connectivity index (χ2v) is 7.57. The van der Waals surface area contributed by atoms with E-state index in [-0.39, 0.29) is 15.5 Å². The fourth-order valence-electron chi connectivity index (χ4n) is 2.30. The highest BCUT2D eigenvalue weighted by Gasteiger charge is 2.32. The first-order valence-corrected chi connectivity index (χ1v) is 8.62. The molecule has 1 saturated carbocycles. The highest BCUT2D eigenvalue weighted by Crippen LogP contribution is 2.38. The fraction of sp³-hybridized carbons (Fsp3) is 0.923. The molecule has 0 spiro atoms. The summed E-state index contributed by atoms with van der Waals surface area (Å²) in [5, 5.41) is 3.12. The van der Waals surface area contributed by atoms with Crippen LogP contribution >= 0.6 is 27.7 Å². The average molecular weight is 322 g/mol. The summed E-state index contributed by atoms with van der Waals surface area (Å²) in [5.74, 6) is 0.477. The van der Waals surface area contributed by atoms with Crippen LogP contribution in [-0.2, 0) is 4.79 Å². The molecule has 0 radical (unpaired) electrons. The molecule has 0 aromatic rings. The lowest BCUT2D eigenvalue weighted by Gasteiger charge is -2.36. The lowest BCUT2D eigenvalue weighted by Crippen LogP contribution is -2.44. The summed E-state index contributed by atoms with van der Waals surface area (Å²) in [5.41, 5.74) is 0. The summed E-state index contributed by atoms with van der Waals surface area (Å²) in [4.78, 5) is 11.9. The third-order valence-electron chi connectivity index (χ3n) is 3.62. The van der Waals surface area contributed by atoms with Crippen LogP contribution in [0.25, 0.3) is 0 Å². The Kier molecular flexibility index (Phi) is 6.35. The molecular formula is C13H24BrNOS. The Bertz CT molecular complexity index is 252. The van der Waals surface area contributed by atoms with E-state index in [2.05, 4.69) is 41.3 Å². The van der Waals surface area contributed by atoms with Crippen LogP contribution in [0.5, 0.6) is 0 Å². The number of hydrogen-bond donors (Lipinski definition) is 1. The Hall–Kier alpha value is 0.300. The van der Waals surface area contributed by atoms with Gasteiger partial charge in [0.15, 0.2) is 0 Å². The molecule has 1 unspecified atom stereocenters. The lowest BCUT2D eigenvalue weighted by molar-refractivity contribution is -0.121. The van der Waals surface area contributed by atoms with Crippen molar-refractivity contribution < 1.29 is 4.79 Å². The molecule has 0 bridgehead atoms. The quantitative estimate of drug-likeness (QED) is 0.784. The Morgan fingerprint density at radius 3 is 2.41 bits per heavy atom. The van der Waals surface area contributed by atoms with Crippen molar-refractivity contribution in [3.63, 3.8) is 0 Å². The molecule has 1 N–H and O–H groups in total. The summed E-state index contributed by atoms with van der Waals surface area (Å²) < 4.78 is 0.289. The maximum absolute atomic E-state index is 11.9. The van der Waals surface area contributed by atoms with Gasteiger partial charge in [-0.15, -0.1) is 0 Å². The molecule has 1 fully saturated rings. The molecule has 0 aliphatic heterocycles. The minimum Gasteiger partial charge on any atom is -0.354 e. The number of halogens is 1. The third kappa shape index (κ3) is 4.47. The molecule has 1 aliphatic rings. The molecule has 100 valence electrons. The van der Waals surface area contributed by atoms with Gasteiger partial charge in [-0.3, -0.25) is 4.79 Å². The molecule has 0 aromatic heterocycles. The van der Waals surface area contributed by atoms with Gasteiger partial charge < -0.3 is 5.32 Å². The molecule has 17 heavy (non-hydrogen) atoms. The van der Waals surface area contributed by atoms with Crippen molar-refractivity contribution in [3.8, 4) is 0 Å². The summed E-state index contributed by atoms with van der Waals surface area (Å²) in [6.07, 6.45) is 8.61. The molecule has 1 aliphatic carbocycles. The molecule has 0 aromatic carbocycles. The van der Waals surface area contributed by atoms with E-state index in [0.29, 0.717) is 5.92 Å². The Balaban J connectivity index is 2.44. The van der Waals surface area contributed by atoms with Crippen LogP contribution in [0.15, 0.2) is 0 Å². The van der Waals surface area contributed by atoms with Crippen molar-refractivity contribution >= 4 is 33.6 Å². The van der Waals surface area contributed by atoms with Crippen LogP contribution in [0.3, 0.4) is 0 Å². The van der Waals surface area contributed by atoms with Gasteiger partial charge in [-0.2, -0.15) is 11.8 Å². The monoisotopic (exact) mass is 321 g/mol. The molecule has 0 saturated heterocycles. The summed E-state index contributed by atoms with van der Waals surface area (Å²) in [7, 11) is 0. The number of alkyl halides is 1. The Labute approximate surface area is 118 Å². The maximum atomic E-state index is 11.9. The van der Waals surface area contributed by atoms with E-state index in [4.69, 9.17) is 0 Å². The first kappa shape index (κ1) is 15.4. The van der Waals surface area contributed by atoms with Gasteiger partial charge in [-0.25, -0.2) is 0 Å². The first-order valence-electron chi connectivity index (χ1n) is 6.48. The molecule has 1 amide bonds. The van der Waals surface area contributed by atoms with Crippen molar-refractivity contribution in [2.75, 3.05) is 12.8 Å². The van der Waals surface area contributed by atoms with Gasteiger partial charge in [0.2, 0.25) is 5.91 Å². The lowest BCUT2D eigenvalue weighted by atomic mass is 9.88. The highest BCUT2D eigenvalue weighted by atomic mass is 79.9. The molecular weight excluding hydrogens is 298 g/mol. The second kappa shape index (κ2) is 7.03. The molecule has 2 nitrogen and oxygen atoms in total. The van der Waals surface area contributed by atoms with E-state index in [1.54, 1.807) is 0 Å². The first-order chi connectivity index (χ1) is 8.01. The fourth-order valence-corrected chi connectivity index (χ4v) is 3.37. The number of carbonyl (C=O) groups is 1. The number of thioether (sulfide) groups is 1. The van der Waals surface area contributed by atoms with E-state index in [9.17, 15) is 4.79 Å². The summed E-state index contributed by atoms with van der Waals surface area (Å²) in [6, 6.07) is 0. The van der Waals surface area contributed by atoms with E-state index in [1.165, 1.54) is 32.1 Å². The zero-order chi connectivity index (χ0) is 12.9. The smallest absolute Gasteiger partial charge is 0.234 e. The predicted octanol–water partition coefficient (Wildman–Crippen LogP) is 3.59. The average Bonchev–Trinajstić information content (AvgIpc) is 2.36. The number of carbonyl (C=O) groups excluding carboxylic acids is 1. The summed E-state index contributed by atoms with van der Waals surface area (Å²) in [6.45, 7) is 4.94. The third-order valence-corrected chi connectivity index (χ3v) is 6.51. The van der Waals surface area contributed by atoms with Gasteiger partial charge >= 0.3 is 0 Å². The van der Waals surface area contributed by atoms with Crippen LogP contribution in [0.4, 0.5) is 0 Å². The van der Waals surface area contributed by atoms with Crippen LogP contribution < -0.4 is 5.32 Å². The van der Waals surface area contributed by atoms with Crippen LogP contribution in [0, 0.1) is 5.92 Å². The zero-order valence-electron chi connectivity index (χ0n) is 11.1. The topological polar surface area (TPSA) is 29.1 Å². The van der Waals surface area contributed by atoms with E-state index in [0.717, 1.165) is 6.54 Å². The molecule has 1 rings (SSSR count). The predicted molar refractivity (Wildman–Crippen MR) is 79.9 cm³/mol. The maximum Gasteiger partial charge on any atom is 0.234 e. The minimum atomic E-state index is -0.0648. The second-order valence-electron chi connectivity index (χ2n) is 5.31. The Morgan fingerprint density at radius 1 is 1.35 bits per heavy atom. The van der Waals surface area contributed by atoms with Crippen molar-refractivity contribution in [2.45, 2.75) is 55.5 Å². The highest BCUT2D eigenvalue weighted by molar-refractivity contribution is 9.10. The Morgan fingerprint density at radius 2 is 1.94 bits per heavy atom. The summed E-state index contributed by atoms with van der Waals surface area (Å²) >= 11 is 5.38. The largest absolute Gasteiger partial charge is 0.354 e. The van der Waals surface area contributed by atoms with Crippen molar-refractivity contribution in [2.24, 2.45) is 5.92 Å². The van der Waals surface area contributed by atoms with Crippen molar-refractivity contribution in [1.29, 1.82) is 0 Å². The van der Waals surface area contributed by atoms with Gasteiger partial charge in [0.25, 0.3) is 0 Å². The normalized spacial score (nSPS) is 21.2. The van der Waals surface area contributed by atoms with Crippen molar-refractivity contribution in [1.82, 2.24) is 5.32 Å². The number of rotatable bonds is 5. The SMILES string of the molecule is CSC1(CNC(=O)C(Br)C(C)C)CCCCC1. The number of hydrogen-bond acceptors (Lipinski definition) is 2. The number of amides is 1. The molecule has 4 heteroatoms. The van der Waals surface area contributed by atoms with Gasteiger partial charge in [0.1, 0.15) is 0 Å². The number of nitrogens with one attached hydrogen (secondary N) is 1. The van der Waals surface area contributed by atoms with Crippen LogP contribution in [0.1, 0.15) is 46.0 Å².